The molecule has 1 aliphatic rings. The first-order valence-corrected chi connectivity index (χ1v) is 4.34. The van der Waals surface area contributed by atoms with Crippen molar-refractivity contribution in [2.24, 2.45) is 10.7 Å². The first-order valence-electron chi connectivity index (χ1n) is 4.34. The van der Waals surface area contributed by atoms with Gasteiger partial charge in [0.15, 0.2) is 0 Å². The summed E-state index contributed by atoms with van der Waals surface area (Å²) in [5, 5.41) is 2.76. The van der Waals surface area contributed by atoms with Crippen LogP contribution >= 0.6 is 0 Å². The van der Waals surface area contributed by atoms with E-state index in [0.717, 1.165) is 19.4 Å². The van der Waals surface area contributed by atoms with Crippen molar-refractivity contribution in [3.63, 3.8) is 0 Å². The van der Waals surface area contributed by atoms with Gasteiger partial charge in [-0.25, -0.2) is 0 Å². The fourth-order valence-corrected chi connectivity index (χ4v) is 1.17. The lowest BCUT2D eigenvalue weighted by Crippen LogP contribution is -2.40. The van der Waals surface area contributed by atoms with E-state index in [1.54, 1.807) is 0 Å². The summed E-state index contributed by atoms with van der Waals surface area (Å²) in [6.45, 7) is 2.70. The molecular formula is C8H15N3O. The molecule has 0 bridgehead atoms. The first kappa shape index (κ1) is 9.03. The van der Waals surface area contributed by atoms with Crippen molar-refractivity contribution in [1.82, 2.24) is 5.32 Å². The molecule has 1 amide bonds. The average Bonchev–Trinajstić information content (AvgIpc) is 2.09. The van der Waals surface area contributed by atoms with Gasteiger partial charge in [0.25, 0.3) is 0 Å². The van der Waals surface area contributed by atoms with E-state index in [4.69, 9.17) is 5.73 Å². The van der Waals surface area contributed by atoms with E-state index in [1.807, 2.05) is 6.92 Å². The molecule has 1 aliphatic heterocycles. The second-order valence-corrected chi connectivity index (χ2v) is 2.92. The third-order valence-corrected chi connectivity index (χ3v) is 1.94. The zero-order chi connectivity index (χ0) is 8.97. The largest absolute Gasteiger partial charge is 0.387 e. The Morgan fingerprint density at radius 2 is 2.58 bits per heavy atom. The van der Waals surface area contributed by atoms with Crippen molar-refractivity contribution >= 4 is 11.7 Å². The Morgan fingerprint density at radius 3 is 3.17 bits per heavy atom. The van der Waals surface area contributed by atoms with Crippen LogP contribution < -0.4 is 11.1 Å². The summed E-state index contributed by atoms with van der Waals surface area (Å²) < 4.78 is 0. The fraction of sp³-hybridized carbons (Fsp3) is 0.750. The number of piperidine rings is 1. The van der Waals surface area contributed by atoms with E-state index in [2.05, 4.69) is 10.3 Å². The summed E-state index contributed by atoms with van der Waals surface area (Å²) in [6, 6.07) is -0.237. The molecule has 1 rings (SSSR count). The van der Waals surface area contributed by atoms with Crippen LogP contribution in [0.5, 0.6) is 0 Å². The Bertz CT molecular complexity index is 200. The van der Waals surface area contributed by atoms with Gasteiger partial charge in [-0.05, 0) is 12.8 Å². The van der Waals surface area contributed by atoms with E-state index in [1.165, 1.54) is 0 Å². The molecule has 1 fully saturated rings. The number of amides is 1. The number of amidine groups is 1. The van der Waals surface area contributed by atoms with E-state index in [-0.39, 0.29) is 11.9 Å². The number of nitrogens with two attached hydrogens (primary N) is 1. The standard InChI is InChI=1S/C8H15N3O/c1-2-7(9)11-6-4-3-5-10-8(6)12/h6H,2-5H2,1H3,(H2,9,11)(H,10,12). The number of rotatable bonds is 2. The van der Waals surface area contributed by atoms with E-state index in [0.29, 0.717) is 12.3 Å². The number of hydrogen-bond acceptors (Lipinski definition) is 2. The molecule has 3 N–H and O–H groups in total. The van der Waals surface area contributed by atoms with Crippen LogP contribution in [-0.2, 0) is 4.79 Å². The molecule has 0 aromatic heterocycles. The van der Waals surface area contributed by atoms with Crippen LogP contribution in [0, 0.1) is 0 Å². The zero-order valence-electron chi connectivity index (χ0n) is 7.34. The maximum Gasteiger partial charge on any atom is 0.244 e. The van der Waals surface area contributed by atoms with Crippen molar-refractivity contribution in [2.75, 3.05) is 6.54 Å². The Morgan fingerprint density at radius 1 is 1.83 bits per heavy atom. The van der Waals surface area contributed by atoms with Gasteiger partial charge in [0.1, 0.15) is 6.04 Å². The molecular weight excluding hydrogens is 154 g/mol. The molecule has 4 heteroatoms. The second-order valence-electron chi connectivity index (χ2n) is 2.92. The zero-order valence-corrected chi connectivity index (χ0v) is 7.34. The molecule has 0 aromatic carbocycles. The van der Waals surface area contributed by atoms with E-state index >= 15 is 0 Å². The topological polar surface area (TPSA) is 67.5 Å². The predicted octanol–water partition coefficient (Wildman–Crippen LogP) is 0.0322. The van der Waals surface area contributed by atoms with Gasteiger partial charge < -0.3 is 11.1 Å². The summed E-state index contributed by atoms with van der Waals surface area (Å²) in [5.74, 6) is 0.578. The highest BCUT2D eigenvalue weighted by Crippen LogP contribution is 2.07. The summed E-state index contributed by atoms with van der Waals surface area (Å²) in [7, 11) is 0. The number of nitrogens with zero attached hydrogens (tertiary/aromatic N) is 1. The normalized spacial score (nSPS) is 25.2. The quantitative estimate of drug-likeness (QED) is 0.452. The van der Waals surface area contributed by atoms with E-state index in [9.17, 15) is 4.79 Å². The van der Waals surface area contributed by atoms with Crippen LogP contribution in [0.25, 0.3) is 0 Å². The lowest BCUT2D eigenvalue weighted by molar-refractivity contribution is -0.123. The van der Waals surface area contributed by atoms with Crippen molar-refractivity contribution in [3.05, 3.63) is 0 Å². The van der Waals surface area contributed by atoms with Crippen molar-refractivity contribution in [1.29, 1.82) is 0 Å². The van der Waals surface area contributed by atoms with Gasteiger partial charge in [-0.2, -0.15) is 0 Å². The summed E-state index contributed by atoms with van der Waals surface area (Å²) in [5.41, 5.74) is 5.54. The third-order valence-electron chi connectivity index (χ3n) is 1.94. The fourth-order valence-electron chi connectivity index (χ4n) is 1.17. The molecule has 1 atom stereocenters. The molecule has 1 heterocycles. The minimum Gasteiger partial charge on any atom is -0.387 e. The molecule has 1 unspecified atom stereocenters. The minimum atomic E-state index is -0.237. The third kappa shape index (κ3) is 2.22. The molecule has 0 aromatic rings. The number of aliphatic imine (C=N–C) groups is 1. The Kier molecular flexibility index (Phi) is 3.08. The van der Waals surface area contributed by atoms with Gasteiger partial charge in [-0.15, -0.1) is 0 Å². The monoisotopic (exact) mass is 169 g/mol. The number of carbonyl (C=O) groups excluding carboxylic acids is 1. The molecule has 4 nitrogen and oxygen atoms in total. The molecule has 0 spiro atoms. The molecule has 1 saturated heterocycles. The van der Waals surface area contributed by atoms with Crippen LogP contribution in [0.15, 0.2) is 4.99 Å². The van der Waals surface area contributed by atoms with Crippen LogP contribution in [0.4, 0.5) is 0 Å². The van der Waals surface area contributed by atoms with Crippen LogP contribution in [0.2, 0.25) is 0 Å². The van der Waals surface area contributed by atoms with Crippen LogP contribution in [-0.4, -0.2) is 24.3 Å². The molecule has 68 valence electrons. The molecule has 0 aliphatic carbocycles. The van der Waals surface area contributed by atoms with Crippen molar-refractivity contribution in [2.45, 2.75) is 32.2 Å². The Hall–Kier alpha value is -1.06. The van der Waals surface area contributed by atoms with Gasteiger partial charge in [-0.3, -0.25) is 9.79 Å². The summed E-state index contributed by atoms with van der Waals surface area (Å²) in [6.07, 6.45) is 2.53. The predicted molar refractivity (Wildman–Crippen MR) is 47.9 cm³/mol. The molecule has 12 heavy (non-hydrogen) atoms. The van der Waals surface area contributed by atoms with Gasteiger partial charge in [0.05, 0.1) is 5.84 Å². The highest BCUT2D eigenvalue weighted by molar-refractivity contribution is 5.87. The minimum absolute atomic E-state index is 0.0117. The average molecular weight is 169 g/mol. The Balaban J connectivity index is 2.55. The Labute approximate surface area is 72.2 Å². The SMILES string of the molecule is CCC(N)=NC1CCCNC1=O. The molecule has 0 radical (unpaired) electrons. The van der Waals surface area contributed by atoms with Gasteiger partial charge in [0.2, 0.25) is 5.91 Å². The van der Waals surface area contributed by atoms with Crippen LogP contribution in [0.3, 0.4) is 0 Å². The van der Waals surface area contributed by atoms with Gasteiger partial charge >= 0.3 is 0 Å². The lowest BCUT2D eigenvalue weighted by Gasteiger charge is -2.18. The van der Waals surface area contributed by atoms with E-state index < -0.39 is 0 Å². The molecule has 0 saturated carbocycles. The highest BCUT2D eigenvalue weighted by atomic mass is 16.2. The summed E-state index contributed by atoms with van der Waals surface area (Å²) in [4.78, 5) is 15.3. The number of carbonyl (C=O) groups is 1. The second kappa shape index (κ2) is 4.09. The highest BCUT2D eigenvalue weighted by Gasteiger charge is 2.20. The van der Waals surface area contributed by atoms with Crippen molar-refractivity contribution < 1.29 is 4.79 Å². The lowest BCUT2D eigenvalue weighted by atomic mass is 10.1. The summed E-state index contributed by atoms with van der Waals surface area (Å²) >= 11 is 0. The van der Waals surface area contributed by atoms with Gasteiger partial charge in [-0.1, -0.05) is 6.92 Å². The number of hydrogen-bond donors (Lipinski definition) is 2. The van der Waals surface area contributed by atoms with Crippen molar-refractivity contribution in [3.8, 4) is 0 Å². The van der Waals surface area contributed by atoms with Gasteiger partial charge in [0, 0.05) is 13.0 Å². The maximum atomic E-state index is 11.2. The smallest absolute Gasteiger partial charge is 0.244 e. The first-order chi connectivity index (χ1) is 5.74. The number of nitrogens with one attached hydrogen (secondary N) is 1. The maximum absolute atomic E-state index is 11.2. The van der Waals surface area contributed by atoms with Crippen LogP contribution in [0.1, 0.15) is 26.2 Å².